The summed E-state index contributed by atoms with van der Waals surface area (Å²) in [6.45, 7) is 3.25. The molecule has 0 saturated carbocycles. The lowest BCUT2D eigenvalue weighted by atomic mass is 10.1. The molecule has 6 heteroatoms. The molecule has 0 aliphatic heterocycles. The number of carbonyl (C=O) groups excluding carboxylic acids is 1. The highest BCUT2D eigenvalue weighted by atomic mass is 19.3. The van der Waals surface area contributed by atoms with Crippen LogP contribution in [0.1, 0.15) is 40.7 Å². The largest absolute Gasteiger partial charge is 0.462 e. The summed E-state index contributed by atoms with van der Waals surface area (Å²) in [5.74, 6) is -0.678. The third kappa shape index (κ3) is 2.97. The molecule has 2 N–H and O–H groups in total. The van der Waals surface area contributed by atoms with Crippen molar-refractivity contribution < 1.29 is 18.3 Å². The van der Waals surface area contributed by atoms with Crippen molar-refractivity contribution in [2.75, 3.05) is 6.61 Å². The molecular formula is C11H14F2N2O2. The van der Waals surface area contributed by atoms with Crippen LogP contribution in [0.2, 0.25) is 0 Å². The Labute approximate surface area is 97.8 Å². The van der Waals surface area contributed by atoms with Gasteiger partial charge in [-0.1, -0.05) is 0 Å². The summed E-state index contributed by atoms with van der Waals surface area (Å²) in [7, 11) is 0. The zero-order valence-electron chi connectivity index (χ0n) is 9.67. The Morgan fingerprint density at radius 2 is 2.24 bits per heavy atom. The third-order valence-corrected chi connectivity index (χ3v) is 2.25. The lowest BCUT2D eigenvalue weighted by molar-refractivity contribution is 0.0524. The minimum Gasteiger partial charge on any atom is -0.462 e. The SMILES string of the molecule is CCOC(=O)c1cc(C(F)F)c(C)nc1CN. The second-order valence-electron chi connectivity index (χ2n) is 3.38. The van der Waals surface area contributed by atoms with Crippen LogP contribution in [-0.2, 0) is 11.3 Å². The highest BCUT2D eigenvalue weighted by molar-refractivity contribution is 5.90. The average Bonchev–Trinajstić information content (AvgIpc) is 2.28. The van der Waals surface area contributed by atoms with E-state index in [9.17, 15) is 13.6 Å². The number of aryl methyl sites for hydroxylation is 1. The Hall–Kier alpha value is -1.56. The number of pyridine rings is 1. The van der Waals surface area contributed by atoms with E-state index in [1.165, 1.54) is 6.92 Å². The molecule has 0 unspecified atom stereocenters. The second kappa shape index (κ2) is 5.67. The maximum absolute atomic E-state index is 12.7. The molecule has 0 radical (unpaired) electrons. The van der Waals surface area contributed by atoms with Crippen LogP contribution in [0.5, 0.6) is 0 Å². The van der Waals surface area contributed by atoms with Crippen LogP contribution >= 0.6 is 0 Å². The van der Waals surface area contributed by atoms with Gasteiger partial charge in [0.15, 0.2) is 0 Å². The van der Waals surface area contributed by atoms with Gasteiger partial charge in [-0.05, 0) is 19.9 Å². The molecule has 0 bridgehead atoms. The third-order valence-electron chi connectivity index (χ3n) is 2.25. The quantitative estimate of drug-likeness (QED) is 0.822. The molecule has 0 amide bonds. The number of hydrogen-bond acceptors (Lipinski definition) is 4. The fourth-order valence-electron chi connectivity index (χ4n) is 1.43. The summed E-state index contributed by atoms with van der Waals surface area (Å²) < 4.78 is 30.1. The van der Waals surface area contributed by atoms with Crippen LogP contribution in [0.15, 0.2) is 6.07 Å². The van der Waals surface area contributed by atoms with Crippen molar-refractivity contribution in [1.82, 2.24) is 4.98 Å². The number of alkyl halides is 2. The monoisotopic (exact) mass is 244 g/mol. The molecule has 0 aromatic carbocycles. The zero-order chi connectivity index (χ0) is 13.0. The number of esters is 1. The van der Waals surface area contributed by atoms with E-state index in [2.05, 4.69) is 4.98 Å². The predicted molar refractivity (Wildman–Crippen MR) is 57.8 cm³/mol. The van der Waals surface area contributed by atoms with Crippen LogP contribution in [0.4, 0.5) is 8.78 Å². The standard InChI is InChI=1S/C11H14F2N2O2/c1-3-17-11(16)8-4-7(10(12)13)6(2)15-9(8)5-14/h4,10H,3,5,14H2,1-2H3. The van der Waals surface area contributed by atoms with E-state index in [0.717, 1.165) is 6.07 Å². The van der Waals surface area contributed by atoms with Gasteiger partial charge in [0, 0.05) is 17.8 Å². The van der Waals surface area contributed by atoms with Gasteiger partial charge in [-0.2, -0.15) is 0 Å². The topological polar surface area (TPSA) is 65.2 Å². The van der Waals surface area contributed by atoms with E-state index >= 15 is 0 Å². The highest BCUT2D eigenvalue weighted by Gasteiger charge is 2.20. The first-order valence-electron chi connectivity index (χ1n) is 5.17. The van der Waals surface area contributed by atoms with Crippen molar-refractivity contribution in [3.05, 3.63) is 28.6 Å². The molecule has 0 saturated heterocycles. The summed E-state index contributed by atoms with van der Waals surface area (Å²) in [6, 6.07) is 1.10. The molecule has 1 aromatic heterocycles. The summed E-state index contributed by atoms with van der Waals surface area (Å²) in [5.41, 5.74) is 5.60. The van der Waals surface area contributed by atoms with Gasteiger partial charge in [0.05, 0.1) is 17.9 Å². The maximum atomic E-state index is 12.7. The molecule has 4 nitrogen and oxygen atoms in total. The maximum Gasteiger partial charge on any atom is 0.340 e. The Kier molecular flexibility index (Phi) is 4.51. The fourth-order valence-corrected chi connectivity index (χ4v) is 1.43. The lowest BCUT2D eigenvalue weighted by Gasteiger charge is -2.11. The van der Waals surface area contributed by atoms with Crippen LogP contribution < -0.4 is 5.73 Å². The van der Waals surface area contributed by atoms with Crippen molar-refractivity contribution in [2.45, 2.75) is 26.8 Å². The van der Waals surface area contributed by atoms with Crippen LogP contribution in [0.25, 0.3) is 0 Å². The summed E-state index contributed by atoms with van der Waals surface area (Å²) in [5, 5.41) is 0. The van der Waals surface area contributed by atoms with Crippen molar-refractivity contribution in [2.24, 2.45) is 5.73 Å². The van der Waals surface area contributed by atoms with Gasteiger partial charge in [-0.25, -0.2) is 13.6 Å². The molecule has 0 aliphatic rings. The van der Waals surface area contributed by atoms with Crippen molar-refractivity contribution in [1.29, 1.82) is 0 Å². The summed E-state index contributed by atoms with van der Waals surface area (Å²) in [4.78, 5) is 15.5. The zero-order valence-corrected chi connectivity index (χ0v) is 9.67. The molecule has 0 aliphatic carbocycles. The Bertz CT molecular complexity index is 422. The van der Waals surface area contributed by atoms with Gasteiger partial charge >= 0.3 is 5.97 Å². The molecular weight excluding hydrogens is 230 g/mol. The minimum absolute atomic E-state index is 0.00148. The normalized spacial score (nSPS) is 10.7. The first-order valence-corrected chi connectivity index (χ1v) is 5.17. The highest BCUT2D eigenvalue weighted by Crippen LogP contribution is 2.24. The number of nitrogens with two attached hydrogens (primary N) is 1. The van der Waals surface area contributed by atoms with E-state index in [-0.39, 0.29) is 35.7 Å². The molecule has 1 heterocycles. The first kappa shape index (κ1) is 13.5. The van der Waals surface area contributed by atoms with Crippen molar-refractivity contribution in [3.63, 3.8) is 0 Å². The van der Waals surface area contributed by atoms with Gasteiger partial charge in [-0.15, -0.1) is 0 Å². The van der Waals surface area contributed by atoms with E-state index < -0.39 is 12.4 Å². The molecule has 1 aromatic rings. The van der Waals surface area contributed by atoms with Gasteiger partial charge in [0.1, 0.15) is 0 Å². The number of ether oxygens (including phenoxy) is 1. The number of halogens is 2. The number of aromatic nitrogens is 1. The van der Waals surface area contributed by atoms with Crippen LogP contribution in [0, 0.1) is 6.92 Å². The van der Waals surface area contributed by atoms with Crippen LogP contribution in [0.3, 0.4) is 0 Å². The molecule has 0 spiro atoms. The second-order valence-corrected chi connectivity index (χ2v) is 3.38. The Balaban J connectivity index is 3.26. The smallest absolute Gasteiger partial charge is 0.340 e. The summed E-state index contributed by atoms with van der Waals surface area (Å²) in [6.07, 6.45) is -2.68. The Morgan fingerprint density at radius 1 is 1.59 bits per heavy atom. The predicted octanol–water partition coefficient (Wildman–Crippen LogP) is 1.96. The summed E-state index contributed by atoms with van der Waals surface area (Å²) >= 11 is 0. The van der Waals surface area contributed by atoms with Crippen molar-refractivity contribution >= 4 is 5.97 Å². The van der Waals surface area contributed by atoms with E-state index in [4.69, 9.17) is 10.5 Å². The number of hydrogen-bond donors (Lipinski definition) is 1. The minimum atomic E-state index is -2.68. The van der Waals surface area contributed by atoms with Crippen LogP contribution in [-0.4, -0.2) is 17.6 Å². The number of rotatable bonds is 4. The Morgan fingerprint density at radius 3 is 2.71 bits per heavy atom. The number of carbonyl (C=O) groups is 1. The molecule has 1 rings (SSSR count). The van der Waals surface area contributed by atoms with Gasteiger partial charge in [0.25, 0.3) is 6.43 Å². The van der Waals surface area contributed by atoms with E-state index in [1.54, 1.807) is 6.92 Å². The molecule has 17 heavy (non-hydrogen) atoms. The van der Waals surface area contributed by atoms with E-state index in [0.29, 0.717) is 0 Å². The van der Waals surface area contributed by atoms with E-state index in [1.807, 2.05) is 0 Å². The molecule has 0 atom stereocenters. The van der Waals surface area contributed by atoms with Crippen molar-refractivity contribution in [3.8, 4) is 0 Å². The lowest BCUT2D eigenvalue weighted by Crippen LogP contribution is -2.14. The van der Waals surface area contributed by atoms with Gasteiger partial charge in [-0.3, -0.25) is 4.98 Å². The average molecular weight is 244 g/mol. The van der Waals surface area contributed by atoms with Gasteiger partial charge in [0.2, 0.25) is 0 Å². The number of nitrogens with zero attached hydrogens (tertiary/aromatic N) is 1. The molecule has 94 valence electrons. The molecule has 0 fully saturated rings. The first-order chi connectivity index (χ1) is 8.01. The van der Waals surface area contributed by atoms with Gasteiger partial charge < -0.3 is 10.5 Å². The fraction of sp³-hybridized carbons (Fsp3) is 0.455.